The van der Waals surface area contributed by atoms with Crippen molar-refractivity contribution in [2.75, 3.05) is 0 Å². The number of tetrazole rings is 1. The van der Waals surface area contributed by atoms with Crippen LogP contribution in [0.1, 0.15) is 5.56 Å². The maximum atomic E-state index is 12.0. The van der Waals surface area contributed by atoms with Crippen LogP contribution in [-0.4, -0.2) is 41.5 Å². The summed E-state index contributed by atoms with van der Waals surface area (Å²) in [4.78, 5) is 29.7. The van der Waals surface area contributed by atoms with E-state index in [2.05, 4.69) is 30.6 Å². The van der Waals surface area contributed by atoms with Gasteiger partial charge >= 0.3 is 5.69 Å². The van der Waals surface area contributed by atoms with Crippen LogP contribution in [0.5, 0.6) is 5.88 Å². The molecule has 0 amide bonds. The van der Waals surface area contributed by atoms with Gasteiger partial charge in [-0.2, -0.15) is 5.21 Å². The van der Waals surface area contributed by atoms with Gasteiger partial charge in [0.25, 0.3) is 11.5 Å². The quantitative estimate of drug-likeness (QED) is 0.582. The molecule has 2 heterocycles. The second-order valence-electron chi connectivity index (χ2n) is 4.28. The van der Waals surface area contributed by atoms with Gasteiger partial charge in [0.15, 0.2) is 0 Å². The van der Waals surface area contributed by atoms with Crippen LogP contribution in [0.25, 0.3) is 5.69 Å². The summed E-state index contributed by atoms with van der Waals surface area (Å²) in [6, 6.07) is 6.21. The van der Waals surface area contributed by atoms with Crippen molar-refractivity contribution in [3.05, 3.63) is 55.7 Å². The van der Waals surface area contributed by atoms with Crippen LogP contribution < -0.4 is 11.2 Å². The minimum absolute atomic E-state index is 0.0377. The van der Waals surface area contributed by atoms with Crippen LogP contribution >= 0.6 is 11.6 Å². The van der Waals surface area contributed by atoms with Crippen molar-refractivity contribution in [1.82, 2.24) is 30.2 Å². The Hall–Kier alpha value is -3.27. The lowest BCUT2D eigenvalue weighted by Gasteiger charge is -2.09. The monoisotopic (exact) mass is 333 g/mol. The summed E-state index contributed by atoms with van der Waals surface area (Å²) in [7, 11) is 0. The zero-order valence-corrected chi connectivity index (χ0v) is 12.0. The Morgan fingerprint density at radius 2 is 2.17 bits per heavy atom. The van der Waals surface area contributed by atoms with Gasteiger partial charge in [-0.15, -0.1) is 5.10 Å². The van der Waals surface area contributed by atoms with E-state index in [1.165, 1.54) is 6.07 Å². The highest BCUT2D eigenvalue weighted by Gasteiger charge is 2.14. The van der Waals surface area contributed by atoms with Gasteiger partial charge in [-0.05, 0) is 23.4 Å². The van der Waals surface area contributed by atoms with Gasteiger partial charge in [0.1, 0.15) is 5.56 Å². The molecule has 0 spiro atoms. The Kier molecular flexibility index (Phi) is 3.73. The number of hydrogen-bond acceptors (Lipinski definition) is 7. The van der Waals surface area contributed by atoms with Crippen LogP contribution in [0.2, 0.25) is 5.02 Å². The zero-order valence-electron chi connectivity index (χ0n) is 11.3. The number of aromatic nitrogens is 6. The number of nitrogens with one attached hydrogen (secondary N) is 2. The third kappa shape index (κ3) is 2.87. The first-order chi connectivity index (χ1) is 11.1. The van der Waals surface area contributed by atoms with Crippen molar-refractivity contribution >= 4 is 23.8 Å². The lowest BCUT2D eigenvalue weighted by molar-refractivity contribution is 0.430. The van der Waals surface area contributed by atoms with Crippen LogP contribution in [0, 0.1) is 0 Å². The van der Waals surface area contributed by atoms with Crippen molar-refractivity contribution in [2.24, 2.45) is 4.99 Å². The maximum absolute atomic E-state index is 12.0. The van der Waals surface area contributed by atoms with Gasteiger partial charge in [0, 0.05) is 11.2 Å². The fourth-order valence-corrected chi connectivity index (χ4v) is 2.03. The molecule has 0 radical (unpaired) electrons. The topological polar surface area (TPSA) is 142 Å². The normalized spacial score (nSPS) is 11.2. The van der Waals surface area contributed by atoms with Gasteiger partial charge in [-0.25, -0.2) is 14.4 Å². The van der Waals surface area contributed by atoms with E-state index < -0.39 is 17.1 Å². The van der Waals surface area contributed by atoms with Gasteiger partial charge in [-0.3, -0.25) is 9.78 Å². The number of halogens is 1. The molecule has 1 aromatic carbocycles. The number of aliphatic imine (C=N–C) groups is 1. The molecule has 116 valence electrons. The molecule has 0 aliphatic heterocycles. The van der Waals surface area contributed by atoms with E-state index >= 15 is 0 Å². The second kappa shape index (κ2) is 5.85. The van der Waals surface area contributed by atoms with E-state index in [0.29, 0.717) is 5.02 Å². The fourth-order valence-electron chi connectivity index (χ4n) is 1.84. The van der Waals surface area contributed by atoms with Gasteiger partial charge in [-0.1, -0.05) is 22.8 Å². The summed E-state index contributed by atoms with van der Waals surface area (Å²) < 4.78 is 0.894. The SMILES string of the molecule is O=c1[nH]c(=O)n(-c2cccc(Cl)c2)c(O)c1/C=N/c1nn[nH]n1. The second-order valence-corrected chi connectivity index (χ2v) is 4.72. The predicted octanol–water partition coefficient (Wildman–Crippen LogP) is 0.148. The molecule has 0 aliphatic rings. The summed E-state index contributed by atoms with van der Waals surface area (Å²) in [6.45, 7) is 0. The number of rotatable bonds is 3. The lowest BCUT2D eigenvalue weighted by Crippen LogP contribution is -2.31. The smallest absolute Gasteiger partial charge is 0.335 e. The van der Waals surface area contributed by atoms with E-state index in [1.54, 1.807) is 18.2 Å². The highest BCUT2D eigenvalue weighted by Crippen LogP contribution is 2.18. The van der Waals surface area contributed by atoms with E-state index in [1.807, 2.05) is 0 Å². The summed E-state index contributed by atoms with van der Waals surface area (Å²) >= 11 is 5.88. The average molecular weight is 334 g/mol. The van der Waals surface area contributed by atoms with Crippen molar-refractivity contribution in [3.8, 4) is 11.6 Å². The number of nitrogens with zero attached hydrogens (tertiary/aromatic N) is 5. The van der Waals surface area contributed by atoms with Crippen molar-refractivity contribution in [1.29, 1.82) is 0 Å². The first-order valence-corrected chi connectivity index (χ1v) is 6.56. The Morgan fingerprint density at radius 1 is 1.35 bits per heavy atom. The maximum Gasteiger partial charge on any atom is 0.335 e. The Labute approximate surface area is 132 Å². The molecule has 11 heteroatoms. The number of H-pyrrole nitrogens is 2. The highest BCUT2D eigenvalue weighted by molar-refractivity contribution is 6.30. The molecule has 2 aromatic heterocycles. The van der Waals surface area contributed by atoms with E-state index in [0.717, 1.165) is 10.8 Å². The molecule has 0 fully saturated rings. The molecule has 23 heavy (non-hydrogen) atoms. The Balaban J connectivity index is 2.17. The lowest BCUT2D eigenvalue weighted by atomic mass is 10.3. The molecule has 0 unspecified atom stereocenters. The highest BCUT2D eigenvalue weighted by atomic mass is 35.5. The van der Waals surface area contributed by atoms with Crippen LogP contribution in [0.4, 0.5) is 5.95 Å². The van der Waals surface area contributed by atoms with Crippen LogP contribution in [0.3, 0.4) is 0 Å². The molecule has 0 bridgehead atoms. The standard InChI is InChI=1S/C12H8ClN7O3/c13-6-2-1-3-7(4-6)20-10(22)8(9(21)15-12(20)23)5-14-11-16-18-19-17-11/h1-5,22H,(H,15,21,23)(H,16,17,18,19)/b14-5+. The molecule has 0 saturated carbocycles. The summed E-state index contributed by atoms with van der Waals surface area (Å²) in [5.41, 5.74) is -1.58. The number of aromatic hydroxyl groups is 1. The first-order valence-electron chi connectivity index (χ1n) is 6.18. The number of benzene rings is 1. The largest absolute Gasteiger partial charge is 0.493 e. The predicted molar refractivity (Wildman–Crippen MR) is 80.8 cm³/mol. The molecule has 0 aliphatic carbocycles. The molecule has 0 atom stereocenters. The molecule has 3 rings (SSSR count). The van der Waals surface area contributed by atoms with Crippen molar-refractivity contribution in [3.63, 3.8) is 0 Å². The molecular weight excluding hydrogens is 326 g/mol. The molecule has 10 nitrogen and oxygen atoms in total. The first kappa shape index (κ1) is 14.7. The molecule has 3 N–H and O–H groups in total. The fraction of sp³-hybridized carbons (Fsp3) is 0. The number of aromatic amines is 2. The summed E-state index contributed by atoms with van der Waals surface area (Å²) in [6.07, 6.45) is 1.03. The Bertz CT molecular complexity index is 991. The van der Waals surface area contributed by atoms with Gasteiger partial charge in [0.2, 0.25) is 5.88 Å². The molecular formula is C12H8ClN7O3. The average Bonchev–Trinajstić information content (AvgIpc) is 3.00. The van der Waals surface area contributed by atoms with Gasteiger partial charge in [0.05, 0.1) is 5.69 Å². The van der Waals surface area contributed by atoms with Crippen LogP contribution in [-0.2, 0) is 0 Å². The molecule has 3 aromatic rings. The van der Waals surface area contributed by atoms with Crippen molar-refractivity contribution in [2.45, 2.75) is 0 Å². The van der Waals surface area contributed by atoms with E-state index in [-0.39, 0.29) is 17.2 Å². The van der Waals surface area contributed by atoms with Gasteiger partial charge < -0.3 is 5.11 Å². The van der Waals surface area contributed by atoms with E-state index in [9.17, 15) is 14.7 Å². The third-order valence-electron chi connectivity index (χ3n) is 2.83. The third-order valence-corrected chi connectivity index (χ3v) is 3.07. The minimum Gasteiger partial charge on any atom is -0.493 e. The summed E-state index contributed by atoms with van der Waals surface area (Å²) in [5.74, 6) is -0.627. The molecule has 0 saturated heterocycles. The minimum atomic E-state index is -0.813. The summed E-state index contributed by atoms with van der Waals surface area (Å²) in [5, 5.41) is 23.3. The zero-order chi connectivity index (χ0) is 16.4. The Morgan fingerprint density at radius 3 is 2.87 bits per heavy atom. The number of hydrogen-bond donors (Lipinski definition) is 3. The van der Waals surface area contributed by atoms with Crippen molar-refractivity contribution < 1.29 is 5.11 Å². The van der Waals surface area contributed by atoms with E-state index in [4.69, 9.17) is 11.6 Å². The van der Waals surface area contributed by atoms with Crippen LogP contribution in [0.15, 0.2) is 38.8 Å².